The first-order valence-electron chi connectivity index (χ1n) is 8.31. The first-order valence-corrected chi connectivity index (χ1v) is 9.19. The number of nitrogens with one attached hydrogen (secondary N) is 1. The van der Waals surface area contributed by atoms with E-state index in [0.29, 0.717) is 18.5 Å². The third-order valence-electron chi connectivity index (χ3n) is 4.94. The third kappa shape index (κ3) is 3.13. The molecular weight excluding hydrogens is 312 g/mol. The number of carbonyl (C=O) groups is 1. The van der Waals surface area contributed by atoms with Crippen molar-refractivity contribution in [3.8, 4) is 0 Å². The highest BCUT2D eigenvalue weighted by Crippen LogP contribution is 2.25. The molecule has 2 aliphatic rings. The number of amides is 1. The van der Waals surface area contributed by atoms with Gasteiger partial charge in [-0.15, -0.1) is 11.3 Å². The van der Waals surface area contributed by atoms with Crippen molar-refractivity contribution in [1.82, 2.24) is 19.6 Å². The summed E-state index contributed by atoms with van der Waals surface area (Å²) in [7, 11) is 0. The maximum atomic E-state index is 12.2. The lowest BCUT2D eigenvalue weighted by Gasteiger charge is -2.47. The molecular formula is C16H22N4O2S. The predicted octanol–water partition coefficient (Wildman–Crippen LogP) is 1.31. The van der Waals surface area contributed by atoms with Crippen molar-refractivity contribution in [3.63, 3.8) is 0 Å². The number of rotatable bonds is 5. The van der Waals surface area contributed by atoms with E-state index in [1.54, 1.807) is 17.5 Å². The minimum Gasteiger partial charge on any atom is -0.381 e. The average molecular weight is 334 g/mol. The molecule has 2 aliphatic heterocycles. The number of thiazole rings is 1. The van der Waals surface area contributed by atoms with Crippen molar-refractivity contribution in [2.75, 3.05) is 26.3 Å². The van der Waals surface area contributed by atoms with Gasteiger partial charge in [-0.05, 0) is 19.3 Å². The molecule has 23 heavy (non-hydrogen) atoms. The van der Waals surface area contributed by atoms with Gasteiger partial charge >= 0.3 is 0 Å². The number of nitrogens with zero attached hydrogens (tertiary/aromatic N) is 3. The standard InChI is InChI=1S/C16H22N4O2S/c21-15(9-14-11-23-16-17-4-6-20(14)16)18-10-13-1-5-19(13)12-2-7-22-8-3-12/h4,6,11-13H,1-3,5,7-10H2,(H,18,21). The van der Waals surface area contributed by atoms with Crippen molar-refractivity contribution in [3.05, 3.63) is 23.5 Å². The van der Waals surface area contributed by atoms with Crippen LogP contribution in [0, 0.1) is 0 Å². The van der Waals surface area contributed by atoms with Crippen molar-refractivity contribution in [2.24, 2.45) is 0 Å². The second kappa shape index (κ2) is 6.59. The molecule has 4 heterocycles. The lowest BCUT2D eigenvalue weighted by atomic mass is 9.95. The van der Waals surface area contributed by atoms with Crippen LogP contribution >= 0.6 is 11.3 Å². The Morgan fingerprint density at radius 2 is 2.26 bits per heavy atom. The SMILES string of the molecule is O=C(Cc1csc2nccn12)NCC1CCN1C1CCOCC1. The van der Waals surface area contributed by atoms with Crippen molar-refractivity contribution in [2.45, 2.75) is 37.8 Å². The van der Waals surface area contributed by atoms with E-state index in [1.807, 2.05) is 16.0 Å². The van der Waals surface area contributed by atoms with Gasteiger partial charge in [-0.3, -0.25) is 14.1 Å². The average Bonchev–Trinajstić information content (AvgIpc) is 3.12. The van der Waals surface area contributed by atoms with Gasteiger partial charge in [0.1, 0.15) is 0 Å². The van der Waals surface area contributed by atoms with Gasteiger partial charge in [-0.1, -0.05) is 0 Å². The van der Waals surface area contributed by atoms with Crippen LogP contribution in [0.2, 0.25) is 0 Å². The normalized spacial score (nSPS) is 23.0. The Kier molecular flexibility index (Phi) is 4.33. The van der Waals surface area contributed by atoms with Crippen LogP contribution < -0.4 is 5.32 Å². The third-order valence-corrected chi connectivity index (χ3v) is 5.85. The number of hydrogen-bond acceptors (Lipinski definition) is 5. The van der Waals surface area contributed by atoms with Crippen LogP contribution in [-0.4, -0.2) is 58.6 Å². The molecule has 0 radical (unpaired) electrons. The van der Waals surface area contributed by atoms with Gasteiger partial charge in [-0.25, -0.2) is 4.98 Å². The van der Waals surface area contributed by atoms with Gasteiger partial charge in [-0.2, -0.15) is 0 Å². The summed E-state index contributed by atoms with van der Waals surface area (Å²) in [6, 6.07) is 1.14. The molecule has 0 aromatic carbocycles. The fourth-order valence-corrected chi connectivity index (χ4v) is 4.39. The summed E-state index contributed by atoms with van der Waals surface area (Å²) in [6.07, 6.45) is 7.53. The van der Waals surface area contributed by atoms with E-state index in [1.165, 1.54) is 6.42 Å². The zero-order valence-corrected chi connectivity index (χ0v) is 13.9. The fraction of sp³-hybridized carbons (Fsp3) is 0.625. The summed E-state index contributed by atoms with van der Waals surface area (Å²) < 4.78 is 7.42. The van der Waals surface area contributed by atoms with Crippen molar-refractivity contribution < 1.29 is 9.53 Å². The van der Waals surface area contributed by atoms with E-state index in [2.05, 4.69) is 15.2 Å². The topological polar surface area (TPSA) is 58.9 Å². The van der Waals surface area contributed by atoms with E-state index in [0.717, 1.165) is 49.8 Å². The van der Waals surface area contributed by atoms with Gasteiger partial charge < -0.3 is 10.1 Å². The van der Waals surface area contributed by atoms with Crippen LogP contribution in [0.3, 0.4) is 0 Å². The van der Waals surface area contributed by atoms with Gasteiger partial charge in [0.05, 0.1) is 6.42 Å². The number of carbonyl (C=O) groups excluding carboxylic acids is 1. The molecule has 4 rings (SSSR count). The highest BCUT2D eigenvalue weighted by atomic mass is 32.1. The molecule has 6 nitrogen and oxygen atoms in total. The number of likely N-dealkylation sites (tertiary alicyclic amines) is 1. The summed E-state index contributed by atoms with van der Waals surface area (Å²) in [5, 5.41) is 5.12. The molecule has 0 saturated carbocycles. The lowest BCUT2D eigenvalue weighted by molar-refractivity contribution is -0.121. The Balaban J connectivity index is 1.27. The van der Waals surface area contributed by atoms with E-state index < -0.39 is 0 Å². The second-order valence-electron chi connectivity index (χ2n) is 6.31. The van der Waals surface area contributed by atoms with Crippen LogP contribution in [0.25, 0.3) is 4.96 Å². The van der Waals surface area contributed by atoms with Crippen LogP contribution in [0.4, 0.5) is 0 Å². The summed E-state index contributed by atoms with van der Waals surface area (Å²) in [5.41, 5.74) is 1.01. The molecule has 1 unspecified atom stereocenters. The zero-order valence-electron chi connectivity index (χ0n) is 13.1. The lowest BCUT2D eigenvalue weighted by Crippen LogP contribution is -2.58. The first-order chi connectivity index (χ1) is 11.3. The molecule has 2 fully saturated rings. The Hall–Kier alpha value is -1.44. The molecule has 0 aliphatic carbocycles. The van der Waals surface area contributed by atoms with E-state index in [-0.39, 0.29) is 5.91 Å². The van der Waals surface area contributed by atoms with E-state index >= 15 is 0 Å². The number of fused-ring (bicyclic) bond motifs is 1. The Morgan fingerprint density at radius 3 is 3.04 bits per heavy atom. The van der Waals surface area contributed by atoms with Gasteiger partial charge in [0.2, 0.25) is 5.91 Å². The second-order valence-corrected chi connectivity index (χ2v) is 7.15. The van der Waals surface area contributed by atoms with Gasteiger partial charge in [0.25, 0.3) is 0 Å². The van der Waals surface area contributed by atoms with Crippen LogP contribution in [0.15, 0.2) is 17.8 Å². The highest BCUT2D eigenvalue weighted by molar-refractivity contribution is 7.15. The Bertz CT molecular complexity index is 676. The maximum absolute atomic E-state index is 12.2. The largest absolute Gasteiger partial charge is 0.381 e. The Labute approximate surface area is 139 Å². The minimum absolute atomic E-state index is 0.0947. The molecule has 0 bridgehead atoms. The number of aromatic nitrogens is 2. The molecule has 7 heteroatoms. The number of ether oxygens (including phenoxy) is 1. The molecule has 2 aromatic heterocycles. The summed E-state index contributed by atoms with van der Waals surface area (Å²) in [6.45, 7) is 3.66. The number of imidazole rings is 1. The molecule has 2 saturated heterocycles. The molecule has 1 atom stereocenters. The zero-order chi connectivity index (χ0) is 15.6. The van der Waals surface area contributed by atoms with Crippen LogP contribution in [0.1, 0.15) is 25.0 Å². The summed E-state index contributed by atoms with van der Waals surface area (Å²) in [5.74, 6) is 0.0947. The molecule has 1 amide bonds. The molecule has 124 valence electrons. The highest BCUT2D eigenvalue weighted by Gasteiger charge is 2.34. The predicted molar refractivity (Wildman–Crippen MR) is 88.7 cm³/mol. The molecule has 0 spiro atoms. The van der Waals surface area contributed by atoms with E-state index in [9.17, 15) is 4.79 Å². The van der Waals surface area contributed by atoms with Gasteiger partial charge in [0, 0.05) is 61.9 Å². The minimum atomic E-state index is 0.0947. The monoisotopic (exact) mass is 334 g/mol. The van der Waals surface area contributed by atoms with Gasteiger partial charge in [0.15, 0.2) is 4.96 Å². The molecule has 1 N–H and O–H groups in total. The van der Waals surface area contributed by atoms with E-state index in [4.69, 9.17) is 4.74 Å². The smallest absolute Gasteiger partial charge is 0.226 e. The Morgan fingerprint density at radius 1 is 1.39 bits per heavy atom. The maximum Gasteiger partial charge on any atom is 0.226 e. The van der Waals surface area contributed by atoms with Crippen molar-refractivity contribution >= 4 is 22.2 Å². The molecule has 2 aromatic rings. The van der Waals surface area contributed by atoms with Crippen molar-refractivity contribution in [1.29, 1.82) is 0 Å². The summed E-state index contributed by atoms with van der Waals surface area (Å²) in [4.78, 5) is 19.9. The summed E-state index contributed by atoms with van der Waals surface area (Å²) >= 11 is 1.57. The fourth-order valence-electron chi connectivity index (χ4n) is 3.54. The van der Waals surface area contributed by atoms with Crippen LogP contribution in [-0.2, 0) is 16.0 Å². The number of hydrogen-bond donors (Lipinski definition) is 1. The quantitative estimate of drug-likeness (QED) is 0.896. The first kappa shape index (κ1) is 15.1. The van der Waals surface area contributed by atoms with Crippen LogP contribution in [0.5, 0.6) is 0 Å².